The van der Waals surface area contributed by atoms with Gasteiger partial charge in [-0.05, 0) is 49.2 Å². The quantitative estimate of drug-likeness (QED) is 0.729. The van der Waals surface area contributed by atoms with Gasteiger partial charge in [0.25, 0.3) is 0 Å². The Morgan fingerprint density at radius 3 is 2.89 bits per heavy atom. The molecular weight excluding hydrogens is 357 g/mol. The summed E-state index contributed by atoms with van der Waals surface area (Å²) >= 11 is 0. The highest BCUT2D eigenvalue weighted by Gasteiger charge is 2.30. The Bertz CT molecular complexity index is 865. The molecule has 0 unspecified atom stereocenters. The molecule has 0 bridgehead atoms. The van der Waals surface area contributed by atoms with Crippen LogP contribution in [0.5, 0.6) is 5.75 Å². The first kappa shape index (κ1) is 19.8. The second kappa shape index (κ2) is 9.34. The van der Waals surface area contributed by atoms with Crippen molar-refractivity contribution >= 4 is 11.6 Å². The van der Waals surface area contributed by atoms with Gasteiger partial charge in [0, 0.05) is 12.6 Å². The summed E-state index contributed by atoms with van der Waals surface area (Å²) in [5, 5.41) is 8.93. The molecule has 146 valence electrons. The molecule has 2 aromatic carbocycles. The van der Waals surface area contributed by atoms with Crippen LogP contribution in [0.25, 0.3) is 0 Å². The van der Waals surface area contributed by atoms with E-state index in [1.54, 1.807) is 25.3 Å². The minimum absolute atomic E-state index is 0.123. The van der Waals surface area contributed by atoms with Crippen molar-refractivity contribution in [2.45, 2.75) is 25.3 Å². The van der Waals surface area contributed by atoms with Crippen molar-refractivity contribution in [1.82, 2.24) is 4.90 Å². The Balaban J connectivity index is 1.78. The second-order valence-corrected chi connectivity index (χ2v) is 6.81. The summed E-state index contributed by atoms with van der Waals surface area (Å²) < 4.78 is 19.6. The molecule has 5 nitrogen and oxygen atoms in total. The van der Waals surface area contributed by atoms with Crippen LogP contribution in [-0.4, -0.2) is 37.6 Å². The van der Waals surface area contributed by atoms with Gasteiger partial charge in [0.05, 0.1) is 31.8 Å². The molecule has 1 aliphatic heterocycles. The smallest absolute Gasteiger partial charge is 0.241 e. The highest BCUT2D eigenvalue weighted by molar-refractivity contribution is 5.95. The zero-order valence-electron chi connectivity index (χ0n) is 16.0. The standard InChI is InChI=1S/C22H24FN3O2/c1-28-18-8-4-7-17(15-18)20-11-5-13-25(20)16-22(27)26(14-6-12-24)21-10-3-2-9-19(21)23/h2-4,7-10,15,20H,5-6,11,13-14,16H2,1H3/t20-/m0/s1. The Hall–Kier alpha value is -2.91. The van der Waals surface area contributed by atoms with Gasteiger partial charge in [-0.15, -0.1) is 0 Å². The molecule has 6 heteroatoms. The highest BCUT2D eigenvalue weighted by Crippen LogP contribution is 2.33. The molecule has 0 aliphatic carbocycles. The fourth-order valence-corrected chi connectivity index (χ4v) is 3.71. The molecule has 1 fully saturated rings. The summed E-state index contributed by atoms with van der Waals surface area (Å²) in [6, 6.07) is 16.2. The summed E-state index contributed by atoms with van der Waals surface area (Å²) in [5.41, 5.74) is 1.33. The first-order chi connectivity index (χ1) is 13.6. The number of amides is 1. The topological polar surface area (TPSA) is 56.6 Å². The zero-order chi connectivity index (χ0) is 19.9. The number of anilines is 1. The van der Waals surface area contributed by atoms with E-state index in [1.165, 1.54) is 11.0 Å². The van der Waals surface area contributed by atoms with Crippen LogP contribution in [0.3, 0.4) is 0 Å². The van der Waals surface area contributed by atoms with Gasteiger partial charge in [0.1, 0.15) is 11.6 Å². The van der Waals surface area contributed by atoms with E-state index in [9.17, 15) is 9.18 Å². The summed E-state index contributed by atoms with van der Waals surface area (Å²) in [6.07, 6.45) is 2.10. The van der Waals surface area contributed by atoms with Crippen LogP contribution >= 0.6 is 0 Å². The third-order valence-corrected chi connectivity index (χ3v) is 5.07. The number of nitrogens with zero attached hydrogens (tertiary/aromatic N) is 3. The van der Waals surface area contributed by atoms with Crippen LogP contribution in [0.2, 0.25) is 0 Å². The lowest BCUT2D eigenvalue weighted by atomic mass is 10.0. The van der Waals surface area contributed by atoms with Gasteiger partial charge in [-0.2, -0.15) is 5.26 Å². The SMILES string of the molecule is COc1cccc([C@@H]2CCCN2CC(=O)N(CCC#N)c2ccccc2F)c1. The number of nitriles is 1. The van der Waals surface area contributed by atoms with Crippen molar-refractivity contribution < 1.29 is 13.9 Å². The Morgan fingerprint density at radius 2 is 2.14 bits per heavy atom. The van der Waals surface area contributed by atoms with Crippen molar-refractivity contribution in [2.24, 2.45) is 0 Å². The van der Waals surface area contributed by atoms with Crippen LogP contribution in [-0.2, 0) is 4.79 Å². The van der Waals surface area contributed by atoms with Crippen LogP contribution < -0.4 is 9.64 Å². The van der Waals surface area contributed by atoms with E-state index in [2.05, 4.69) is 4.90 Å². The summed E-state index contributed by atoms with van der Waals surface area (Å²) in [4.78, 5) is 16.6. The number of carbonyl (C=O) groups is 1. The largest absolute Gasteiger partial charge is 0.497 e. The van der Waals surface area contributed by atoms with Crippen molar-refractivity contribution in [2.75, 3.05) is 31.6 Å². The Morgan fingerprint density at radius 1 is 1.32 bits per heavy atom. The molecule has 0 saturated carbocycles. The molecule has 1 saturated heterocycles. The number of halogens is 1. The number of hydrogen-bond donors (Lipinski definition) is 0. The van der Waals surface area contributed by atoms with Crippen LogP contribution in [0.4, 0.5) is 10.1 Å². The molecule has 1 atom stereocenters. The van der Waals surface area contributed by atoms with Crippen LogP contribution in [0.15, 0.2) is 48.5 Å². The molecule has 28 heavy (non-hydrogen) atoms. The minimum Gasteiger partial charge on any atom is -0.497 e. The number of rotatable bonds is 7. The van der Waals surface area contributed by atoms with Gasteiger partial charge in [-0.3, -0.25) is 9.69 Å². The third-order valence-electron chi connectivity index (χ3n) is 5.07. The molecule has 1 aliphatic rings. The maximum atomic E-state index is 14.3. The number of methoxy groups -OCH3 is 1. The molecule has 0 N–H and O–H groups in total. The average Bonchev–Trinajstić information content (AvgIpc) is 3.17. The van der Waals surface area contributed by atoms with Crippen LogP contribution in [0, 0.1) is 17.1 Å². The van der Waals surface area contributed by atoms with Gasteiger partial charge >= 0.3 is 0 Å². The van der Waals surface area contributed by atoms with Gasteiger partial charge in [0.15, 0.2) is 0 Å². The zero-order valence-corrected chi connectivity index (χ0v) is 16.0. The van der Waals surface area contributed by atoms with E-state index < -0.39 is 5.82 Å². The first-order valence-electron chi connectivity index (χ1n) is 9.44. The lowest BCUT2D eigenvalue weighted by Gasteiger charge is -2.28. The fourth-order valence-electron chi connectivity index (χ4n) is 3.71. The molecule has 2 aromatic rings. The van der Waals surface area contributed by atoms with E-state index in [0.29, 0.717) is 0 Å². The Kier molecular flexibility index (Phi) is 6.62. The fraction of sp³-hybridized carbons (Fsp3) is 0.364. The monoisotopic (exact) mass is 381 g/mol. The van der Waals surface area contributed by atoms with E-state index in [-0.39, 0.29) is 37.1 Å². The number of likely N-dealkylation sites (tertiary alicyclic amines) is 1. The van der Waals surface area contributed by atoms with Crippen molar-refractivity contribution in [3.05, 3.63) is 59.9 Å². The predicted octanol–water partition coefficient (Wildman–Crippen LogP) is 3.92. The predicted molar refractivity (Wildman–Crippen MR) is 106 cm³/mol. The number of ether oxygens (including phenoxy) is 1. The van der Waals surface area contributed by atoms with E-state index in [4.69, 9.17) is 10.00 Å². The van der Waals surface area contributed by atoms with E-state index >= 15 is 0 Å². The van der Waals surface area contributed by atoms with Gasteiger partial charge in [0.2, 0.25) is 5.91 Å². The van der Waals surface area contributed by atoms with E-state index in [0.717, 1.165) is 30.7 Å². The summed E-state index contributed by atoms with van der Waals surface area (Å²) in [7, 11) is 1.64. The number of carbonyl (C=O) groups excluding carboxylic acids is 1. The lowest BCUT2D eigenvalue weighted by molar-refractivity contribution is -0.120. The maximum Gasteiger partial charge on any atom is 0.241 e. The van der Waals surface area contributed by atoms with Crippen molar-refractivity contribution in [1.29, 1.82) is 5.26 Å². The van der Waals surface area contributed by atoms with Gasteiger partial charge in [-0.1, -0.05) is 24.3 Å². The second-order valence-electron chi connectivity index (χ2n) is 6.81. The third kappa shape index (κ3) is 4.49. The minimum atomic E-state index is -0.459. The molecule has 0 spiro atoms. The maximum absolute atomic E-state index is 14.3. The molecule has 3 rings (SSSR count). The average molecular weight is 381 g/mol. The first-order valence-corrected chi connectivity index (χ1v) is 9.44. The van der Waals surface area contributed by atoms with Gasteiger partial charge in [-0.25, -0.2) is 4.39 Å². The molecule has 0 aromatic heterocycles. The Labute approximate surface area is 164 Å². The van der Waals surface area contributed by atoms with Crippen LogP contribution in [0.1, 0.15) is 30.9 Å². The highest BCUT2D eigenvalue weighted by atomic mass is 19.1. The summed E-state index contributed by atoms with van der Waals surface area (Å²) in [6.45, 7) is 1.16. The van der Waals surface area contributed by atoms with Crippen molar-refractivity contribution in [3.8, 4) is 11.8 Å². The number of benzene rings is 2. The molecular formula is C22H24FN3O2. The normalized spacial score (nSPS) is 16.5. The van der Waals surface area contributed by atoms with Crippen molar-refractivity contribution in [3.63, 3.8) is 0 Å². The number of hydrogen-bond acceptors (Lipinski definition) is 4. The van der Waals surface area contributed by atoms with E-state index in [1.807, 2.05) is 30.3 Å². The summed E-state index contributed by atoms with van der Waals surface area (Å²) in [5.74, 6) is 0.132. The molecule has 1 heterocycles. The molecule has 0 radical (unpaired) electrons. The number of para-hydroxylation sites is 1. The lowest BCUT2D eigenvalue weighted by Crippen LogP contribution is -2.41. The molecule has 1 amide bonds. The van der Waals surface area contributed by atoms with Gasteiger partial charge < -0.3 is 9.64 Å².